The fraction of sp³-hybridized carbons (Fsp3) is 1.00. The van der Waals surface area contributed by atoms with Crippen LogP contribution in [0.25, 0.3) is 0 Å². The number of phosphoric acid groups is 2. The van der Waals surface area contributed by atoms with Crippen LogP contribution in [-0.2, 0) is 22.9 Å². The minimum absolute atomic E-state index is 0. The Bertz CT molecular complexity index is 443. The second kappa shape index (κ2) is 16.3. The Balaban J connectivity index is -0.000000500. The van der Waals surface area contributed by atoms with Crippen molar-refractivity contribution in [1.82, 2.24) is 0 Å². The van der Waals surface area contributed by atoms with E-state index in [9.17, 15) is 44.0 Å². The molecule has 3 N–H and O–H groups in total. The molecule has 0 aromatic rings. The fourth-order valence-electron chi connectivity index (χ4n) is 1.46. The Kier molecular flexibility index (Phi) is 25.7. The van der Waals surface area contributed by atoms with E-state index in [-0.39, 0.29) is 206 Å². The van der Waals surface area contributed by atoms with Crippen molar-refractivity contribution in [2.24, 2.45) is 0 Å². The maximum absolute atomic E-state index is 10.3. The van der Waals surface area contributed by atoms with Crippen molar-refractivity contribution < 1.29 is 263 Å². The first-order valence-electron chi connectivity index (χ1n) is 4.93. The third kappa shape index (κ3) is 14.6. The molecular formula is C6H10K4O12P2. The second-order valence-electron chi connectivity index (χ2n) is 3.90. The van der Waals surface area contributed by atoms with Crippen LogP contribution >= 0.6 is 15.6 Å². The molecule has 0 aromatic carbocycles. The summed E-state index contributed by atoms with van der Waals surface area (Å²) in [6, 6.07) is 0. The first-order chi connectivity index (χ1) is 8.84. The molecule has 1 saturated heterocycles. The van der Waals surface area contributed by atoms with Gasteiger partial charge in [0.1, 0.15) is 24.9 Å². The van der Waals surface area contributed by atoms with Gasteiger partial charge in [0.15, 0.2) is 0 Å². The third-order valence-electron chi connectivity index (χ3n) is 2.35. The zero-order valence-electron chi connectivity index (χ0n) is 13.6. The molecule has 1 aliphatic rings. The van der Waals surface area contributed by atoms with Gasteiger partial charge < -0.3 is 57.8 Å². The van der Waals surface area contributed by atoms with Gasteiger partial charge in [0.2, 0.25) is 5.79 Å². The van der Waals surface area contributed by atoms with Crippen LogP contribution in [0, 0.1) is 0 Å². The molecule has 1 fully saturated rings. The minimum Gasteiger partial charge on any atom is -0.790 e. The molecule has 1 rings (SSSR count). The average Bonchev–Trinajstić information content (AvgIpc) is 2.48. The number of phosphoric ester groups is 2. The van der Waals surface area contributed by atoms with Crippen LogP contribution in [-0.4, -0.2) is 52.6 Å². The molecule has 0 aromatic heterocycles. The van der Waals surface area contributed by atoms with Crippen LogP contribution in [0.5, 0.6) is 0 Å². The van der Waals surface area contributed by atoms with Gasteiger partial charge in [-0.05, 0) is 0 Å². The van der Waals surface area contributed by atoms with Crippen LogP contribution in [0.1, 0.15) is 0 Å². The monoisotopic (exact) mass is 492 g/mol. The van der Waals surface area contributed by atoms with E-state index in [0.717, 1.165) is 0 Å². The van der Waals surface area contributed by atoms with Crippen LogP contribution in [0.4, 0.5) is 0 Å². The summed E-state index contributed by atoms with van der Waals surface area (Å²) in [5, 5.41) is 28.5. The zero-order chi connectivity index (χ0) is 15.8. The normalized spacial score (nSPS) is 29.5. The summed E-state index contributed by atoms with van der Waals surface area (Å²) >= 11 is 0. The van der Waals surface area contributed by atoms with Gasteiger partial charge in [-0.3, -0.25) is 0 Å². The van der Waals surface area contributed by atoms with Crippen LogP contribution in [0.3, 0.4) is 0 Å². The van der Waals surface area contributed by atoms with Crippen LogP contribution in [0.2, 0.25) is 0 Å². The summed E-state index contributed by atoms with van der Waals surface area (Å²) in [6.07, 6.45) is -5.69. The molecule has 1 aliphatic heterocycles. The number of hydrogen-bond acceptors (Lipinski definition) is 12. The molecule has 0 amide bonds. The minimum atomic E-state index is -5.48. The number of ether oxygens (including phenoxy) is 1. The number of aliphatic hydroxyl groups is 3. The Labute approximate surface area is 307 Å². The molecule has 12 nitrogen and oxygen atoms in total. The number of hydrogen-bond donors (Lipinski definition) is 3. The van der Waals surface area contributed by atoms with Crippen LogP contribution < -0.4 is 225 Å². The van der Waals surface area contributed by atoms with E-state index in [4.69, 9.17) is 0 Å². The van der Waals surface area contributed by atoms with E-state index < -0.39 is 53.0 Å². The predicted octanol–water partition coefficient (Wildman–Crippen LogP) is -17.5. The van der Waals surface area contributed by atoms with E-state index >= 15 is 0 Å². The molecule has 24 heavy (non-hydrogen) atoms. The standard InChI is InChI=1S/C6H14O12P2.4K/c7-4-3(1-16-19(10,11)12)18-6(9,5(4)8)2-17-20(13,14)15;;;;/h3-5,7-9H,1-2H2,(H2,10,11,12)(H2,13,14,15);;;;/q;4*+1/p-4. The van der Waals surface area contributed by atoms with E-state index in [1.165, 1.54) is 0 Å². The molecule has 4 atom stereocenters. The molecule has 0 bridgehead atoms. The maximum Gasteiger partial charge on any atom is 1.00 e. The summed E-state index contributed by atoms with van der Waals surface area (Å²) in [5.41, 5.74) is 0. The first-order valence-corrected chi connectivity index (χ1v) is 7.86. The van der Waals surface area contributed by atoms with Gasteiger partial charge in [-0.2, -0.15) is 0 Å². The quantitative estimate of drug-likeness (QED) is 0.233. The third-order valence-corrected chi connectivity index (χ3v) is 3.26. The Morgan fingerprint density at radius 3 is 1.75 bits per heavy atom. The molecule has 0 spiro atoms. The molecule has 0 aliphatic carbocycles. The smallest absolute Gasteiger partial charge is 0.790 e. The Morgan fingerprint density at radius 1 is 0.958 bits per heavy atom. The molecule has 4 unspecified atom stereocenters. The van der Waals surface area contributed by atoms with Gasteiger partial charge in [-0.25, -0.2) is 0 Å². The molecule has 1 heterocycles. The molecule has 0 radical (unpaired) electrons. The van der Waals surface area contributed by atoms with Crippen molar-refractivity contribution in [2.45, 2.75) is 24.1 Å². The van der Waals surface area contributed by atoms with Crippen molar-refractivity contribution in [1.29, 1.82) is 0 Å². The van der Waals surface area contributed by atoms with Crippen molar-refractivity contribution in [3.05, 3.63) is 0 Å². The Hall–Kier alpha value is 6.61. The summed E-state index contributed by atoms with van der Waals surface area (Å²) in [5.74, 6) is -2.78. The van der Waals surface area contributed by atoms with Crippen molar-refractivity contribution in [2.75, 3.05) is 13.2 Å². The fourth-order valence-corrected chi connectivity index (χ4v) is 2.13. The number of aliphatic hydroxyl groups excluding tert-OH is 2. The molecule has 18 heteroatoms. The SMILES string of the molecule is O=P([O-])([O-])OCC1OC(O)(COP(=O)([O-])[O-])C(O)C1O.[K+].[K+].[K+].[K+]. The topological polar surface area (TPSA) is 215 Å². The van der Waals surface area contributed by atoms with E-state index in [0.29, 0.717) is 0 Å². The van der Waals surface area contributed by atoms with Gasteiger partial charge in [0, 0.05) is 0 Å². The van der Waals surface area contributed by atoms with Gasteiger partial charge in [-0.15, -0.1) is 0 Å². The average molecular weight is 492 g/mol. The second-order valence-corrected chi connectivity index (χ2v) is 6.21. The Morgan fingerprint density at radius 2 is 1.38 bits per heavy atom. The van der Waals surface area contributed by atoms with Crippen molar-refractivity contribution >= 4 is 15.6 Å². The van der Waals surface area contributed by atoms with Crippen molar-refractivity contribution in [3.8, 4) is 0 Å². The van der Waals surface area contributed by atoms with Gasteiger partial charge in [-0.1, -0.05) is 0 Å². The van der Waals surface area contributed by atoms with Crippen LogP contribution in [0.15, 0.2) is 0 Å². The number of rotatable bonds is 6. The van der Waals surface area contributed by atoms with E-state index in [2.05, 4.69) is 13.8 Å². The summed E-state index contributed by atoms with van der Waals surface area (Å²) in [4.78, 5) is 41.0. The maximum atomic E-state index is 10.3. The van der Waals surface area contributed by atoms with Crippen molar-refractivity contribution in [3.63, 3.8) is 0 Å². The largest absolute Gasteiger partial charge is 1.00 e. The van der Waals surface area contributed by atoms with Gasteiger partial charge >= 0.3 is 206 Å². The van der Waals surface area contributed by atoms with E-state index in [1.807, 2.05) is 0 Å². The first kappa shape index (κ1) is 37.9. The summed E-state index contributed by atoms with van der Waals surface area (Å²) < 4.78 is 32.6. The molecule has 0 saturated carbocycles. The molecular weight excluding hydrogens is 482 g/mol. The zero-order valence-corrected chi connectivity index (χ0v) is 27.8. The van der Waals surface area contributed by atoms with E-state index in [1.54, 1.807) is 0 Å². The predicted molar refractivity (Wildman–Crippen MR) is 49.0 cm³/mol. The molecule has 120 valence electrons. The van der Waals surface area contributed by atoms with Gasteiger partial charge in [0.05, 0.1) is 22.3 Å². The summed E-state index contributed by atoms with van der Waals surface area (Å²) in [7, 11) is -10.9. The summed E-state index contributed by atoms with van der Waals surface area (Å²) in [6.45, 7) is -2.37. The van der Waals surface area contributed by atoms with Gasteiger partial charge in [0.25, 0.3) is 0 Å².